The number of hydrogen-bond donors (Lipinski definition) is 0. The van der Waals surface area contributed by atoms with Gasteiger partial charge in [-0.05, 0) is 43.8 Å². The normalized spacial score (nSPS) is 12.0. The molecule has 0 aliphatic carbocycles. The lowest BCUT2D eigenvalue weighted by atomic mass is 9.95. The fourth-order valence-electron chi connectivity index (χ4n) is 5.63. The van der Waals surface area contributed by atoms with Gasteiger partial charge in [0.05, 0.1) is 0 Å². The lowest BCUT2D eigenvalue weighted by Crippen LogP contribution is -2.26. The van der Waals surface area contributed by atoms with Crippen LogP contribution in [0.25, 0.3) is 43.1 Å². The molecule has 0 heterocycles. The Morgan fingerprint density at radius 2 is 0.889 bits per heavy atom. The minimum absolute atomic E-state index is 0.853. The van der Waals surface area contributed by atoms with Gasteiger partial charge in [0, 0.05) is 21.3 Å². The summed E-state index contributed by atoms with van der Waals surface area (Å²) in [6.45, 7) is 0. The molecule has 0 amide bonds. The van der Waals surface area contributed by atoms with E-state index in [2.05, 4.69) is 78.9 Å². The molecule has 7 rings (SSSR count). The average molecular weight is 479 g/mol. The van der Waals surface area contributed by atoms with Gasteiger partial charge in [0.15, 0.2) is 7.14 Å². The average Bonchev–Trinajstić information content (AvgIpc) is 2.96. The van der Waals surface area contributed by atoms with Gasteiger partial charge in [0.25, 0.3) is 0 Å². The second-order valence-electron chi connectivity index (χ2n) is 9.27. The van der Waals surface area contributed by atoms with Crippen LogP contribution in [0.1, 0.15) is 0 Å². The SMILES string of the molecule is O=P(c1ccccc1)(c1ccccc1)c1c2ccc3ccccc3c2cc2ccc3ccccc3c12. The van der Waals surface area contributed by atoms with E-state index >= 15 is 4.57 Å². The first-order valence-electron chi connectivity index (χ1n) is 12.2. The standard InChI is InChI=1S/C34H23OP/c35-36(27-13-3-1-4-14-27,28-15-5-2-6-16-28)34-31-22-21-24-11-7-9-17-29(24)32(31)23-26-20-19-25-12-8-10-18-30(25)33(26)34/h1-23H. The van der Waals surface area contributed by atoms with E-state index in [1.165, 1.54) is 10.8 Å². The molecule has 36 heavy (non-hydrogen) atoms. The molecule has 0 saturated heterocycles. The van der Waals surface area contributed by atoms with Crippen LogP contribution in [-0.4, -0.2) is 0 Å². The van der Waals surface area contributed by atoms with E-state index in [9.17, 15) is 0 Å². The highest BCUT2D eigenvalue weighted by Crippen LogP contribution is 2.48. The summed E-state index contributed by atoms with van der Waals surface area (Å²) in [6, 6.07) is 47.9. The van der Waals surface area contributed by atoms with E-state index in [1.54, 1.807) is 0 Å². The first kappa shape index (κ1) is 21.1. The Hall–Kier alpha value is -4.19. The first-order valence-corrected chi connectivity index (χ1v) is 13.9. The summed E-state index contributed by atoms with van der Waals surface area (Å²) in [5.41, 5.74) is 0. The van der Waals surface area contributed by atoms with Gasteiger partial charge in [-0.3, -0.25) is 0 Å². The largest absolute Gasteiger partial charge is 0.309 e. The van der Waals surface area contributed by atoms with Gasteiger partial charge < -0.3 is 4.57 Å². The Kier molecular flexibility index (Phi) is 4.81. The molecular formula is C34H23OP. The molecule has 0 spiro atoms. The molecule has 0 aliphatic heterocycles. The molecule has 0 radical (unpaired) electrons. The van der Waals surface area contributed by atoms with Gasteiger partial charge in [-0.1, -0.05) is 133 Å². The van der Waals surface area contributed by atoms with Crippen molar-refractivity contribution in [3.8, 4) is 0 Å². The van der Waals surface area contributed by atoms with E-state index in [0.29, 0.717) is 0 Å². The minimum Gasteiger partial charge on any atom is -0.309 e. The Morgan fingerprint density at radius 3 is 1.56 bits per heavy atom. The van der Waals surface area contributed by atoms with Gasteiger partial charge in [-0.2, -0.15) is 0 Å². The third kappa shape index (κ3) is 3.07. The molecule has 7 aromatic carbocycles. The predicted molar refractivity (Wildman–Crippen MR) is 156 cm³/mol. The zero-order chi connectivity index (χ0) is 24.1. The van der Waals surface area contributed by atoms with E-state index in [1.807, 2.05) is 60.7 Å². The predicted octanol–water partition coefficient (Wildman–Crippen LogP) is 7.94. The second-order valence-corrected chi connectivity index (χ2v) is 12.0. The van der Waals surface area contributed by atoms with Gasteiger partial charge in [-0.15, -0.1) is 0 Å². The molecular weight excluding hydrogens is 455 g/mol. The Bertz CT molecular complexity index is 1910. The number of hydrogen-bond acceptors (Lipinski definition) is 1. The molecule has 0 unspecified atom stereocenters. The summed E-state index contributed by atoms with van der Waals surface area (Å²) in [6.07, 6.45) is 0. The molecule has 1 nitrogen and oxygen atoms in total. The van der Waals surface area contributed by atoms with Crippen LogP contribution >= 0.6 is 7.14 Å². The molecule has 0 aliphatic rings. The molecule has 170 valence electrons. The van der Waals surface area contributed by atoms with Crippen molar-refractivity contribution in [2.24, 2.45) is 0 Å². The molecule has 7 aromatic rings. The number of rotatable bonds is 3. The monoisotopic (exact) mass is 478 g/mol. The van der Waals surface area contributed by atoms with Crippen LogP contribution in [0.4, 0.5) is 0 Å². The Morgan fingerprint density at radius 1 is 0.389 bits per heavy atom. The summed E-state index contributed by atoms with van der Waals surface area (Å²) in [4.78, 5) is 0. The van der Waals surface area contributed by atoms with Crippen molar-refractivity contribution in [1.29, 1.82) is 0 Å². The molecule has 2 heteroatoms. The van der Waals surface area contributed by atoms with Crippen LogP contribution in [-0.2, 0) is 4.57 Å². The smallest absolute Gasteiger partial charge is 0.172 e. The summed E-state index contributed by atoms with van der Waals surface area (Å²) < 4.78 is 15.8. The second kappa shape index (κ2) is 8.19. The van der Waals surface area contributed by atoms with E-state index in [-0.39, 0.29) is 0 Å². The zero-order valence-electron chi connectivity index (χ0n) is 19.6. The number of benzene rings is 7. The summed E-state index contributed by atoms with van der Waals surface area (Å²) in [5.74, 6) is 0. The summed E-state index contributed by atoms with van der Waals surface area (Å²) in [5, 5.41) is 11.7. The molecule has 0 fully saturated rings. The third-order valence-corrected chi connectivity index (χ3v) is 10.4. The quantitative estimate of drug-likeness (QED) is 0.143. The fourth-order valence-corrected chi connectivity index (χ4v) is 8.73. The van der Waals surface area contributed by atoms with Crippen molar-refractivity contribution >= 4 is 66.1 Å². The highest BCUT2D eigenvalue weighted by atomic mass is 31.2. The van der Waals surface area contributed by atoms with Crippen molar-refractivity contribution in [2.75, 3.05) is 0 Å². The highest BCUT2D eigenvalue weighted by molar-refractivity contribution is 7.86. The minimum atomic E-state index is -3.25. The van der Waals surface area contributed by atoms with Crippen LogP contribution in [0.5, 0.6) is 0 Å². The van der Waals surface area contributed by atoms with Gasteiger partial charge in [0.1, 0.15) is 0 Å². The zero-order valence-corrected chi connectivity index (χ0v) is 20.5. The van der Waals surface area contributed by atoms with Crippen LogP contribution in [0.2, 0.25) is 0 Å². The fraction of sp³-hybridized carbons (Fsp3) is 0. The van der Waals surface area contributed by atoms with Crippen molar-refractivity contribution in [2.45, 2.75) is 0 Å². The third-order valence-electron chi connectivity index (χ3n) is 7.28. The van der Waals surface area contributed by atoms with E-state index in [4.69, 9.17) is 0 Å². The highest BCUT2D eigenvalue weighted by Gasteiger charge is 2.34. The van der Waals surface area contributed by atoms with Gasteiger partial charge in [-0.25, -0.2) is 0 Å². The van der Waals surface area contributed by atoms with E-state index in [0.717, 1.165) is 48.2 Å². The maximum absolute atomic E-state index is 15.8. The van der Waals surface area contributed by atoms with Crippen molar-refractivity contribution in [3.05, 3.63) is 140 Å². The van der Waals surface area contributed by atoms with Crippen molar-refractivity contribution < 1.29 is 4.57 Å². The summed E-state index contributed by atoms with van der Waals surface area (Å²) in [7, 11) is -3.25. The molecule has 0 atom stereocenters. The molecule has 0 saturated carbocycles. The van der Waals surface area contributed by atoms with Crippen LogP contribution in [0.3, 0.4) is 0 Å². The van der Waals surface area contributed by atoms with Gasteiger partial charge >= 0.3 is 0 Å². The maximum Gasteiger partial charge on any atom is 0.172 e. The lowest BCUT2D eigenvalue weighted by molar-refractivity contribution is 0.593. The Labute approximate surface area is 210 Å². The Balaban J connectivity index is 1.79. The van der Waals surface area contributed by atoms with Crippen LogP contribution < -0.4 is 15.9 Å². The van der Waals surface area contributed by atoms with Crippen molar-refractivity contribution in [1.82, 2.24) is 0 Å². The lowest BCUT2D eigenvalue weighted by Gasteiger charge is -2.25. The van der Waals surface area contributed by atoms with Crippen LogP contribution in [0.15, 0.2) is 140 Å². The number of fused-ring (bicyclic) bond motifs is 6. The first-order chi connectivity index (χ1) is 17.7. The topological polar surface area (TPSA) is 17.1 Å². The van der Waals surface area contributed by atoms with Crippen LogP contribution in [0, 0.1) is 0 Å². The van der Waals surface area contributed by atoms with Crippen molar-refractivity contribution in [3.63, 3.8) is 0 Å². The van der Waals surface area contributed by atoms with Gasteiger partial charge in [0.2, 0.25) is 0 Å². The molecule has 0 N–H and O–H groups in total. The molecule has 0 aromatic heterocycles. The van der Waals surface area contributed by atoms with E-state index < -0.39 is 7.14 Å². The maximum atomic E-state index is 15.8. The summed E-state index contributed by atoms with van der Waals surface area (Å²) >= 11 is 0. The molecule has 0 bridgehead atoms.